The fourth-order valence-corrected chi connectivity index (χ4v) is 5.02. The summed E-state index contributed by atoms with van der Waals surface area (Å²) in [6, 6.07) is 24.0. The van der Waals surface area contributed by atoms with Crippen LogP contribution < -0.4 is 9.64 Å². The van der Waals surface area contributed by atoms with Crippen LogP contribution in [0.4, 0.5) is 5.69 Å². The summed E-state index contributed by atoms with van der Waals surface area (Å²) in [7, 11) is 0. The summed E-state index contributed by atoms with van der Waals surface area (Å²) in [6.07, 6.45) is 0.787. The van der Waals surface area contributed by atoms with Gasteiger partial charge in [-0.25, -0.2) is 0 Å². The first-order valence-corrected chi connectivity index (χ1v) is 11.0. The van der Waals surface area contributed by atoms with Gasteiger partial charge in [-0.3, -0.25) is 4.79 Å². The molecule has 160 valence electrons. The Balaban J connectivity index is 1.69. The van der Waals surface area contributed by atoms with Crippen molar-refractivity contribution >= 4 is 23.2 Å². The van der Waals surface area contributed by atoms with Crippen molar-refractivity contribution < 1.29 is 9.53 Å². The molecule has 31 heavy (non-hydrogen) atoms. The Kier molecular flexibility index (Phi) is 5.57. The average Bonchev–Trinajstić information content (AvgIpc) is 2.73. The highest BCUT2D eigenvalue weighted by Crippen LogP contribution is 2.50. The number of hydrogen-bond donors (Lipinski definition) is 0. The molecule has 3 nitrogen and oxygen atoms in total. The van der Waals surface area contributed by atoms with E-state index in [0.29, 0.717) is 5.75 Å². The quantitative estimate of drug-likeness (QED) is 0.467. The van der Waals surface area contributed by atoms with Crippen molar-refractivity contribution in [2.75, 3.05) is 11.5 Å². The van der Waals surface area contributed by atoms with Crippen molar-refractivity contribution in [3.05, 3.63) is 94.5 Å². The van der Waals surface area contributed by atoms with Crippen LogP contribution in [0.25, 0.3) is 0 Å². The number of para-hydroxylation sites is 1. The number of ether oxygens (including phenoxy) is 1. The van der Waals surface area contributed by atoms with Gasteiger partial charge in [-0.1, -0.05) is 66.6 Å². The summed E-state index contributed by atoms with van der Waals surface area (Å²) in [5, 5.41) is 0.723. The molecule has 1 heterocycles. The van der Waals surface area contributed by atoms with Gasteiger partial charge in [0.25, 0.3) is 5.91 Å². The van der Waals surface area contributed by atoms with Gasteiger partial charge < -0.3 is 9.64 Å². The highest BCUT2D eigenvalue weighted by Gasteiger charge is 2.47. The van der Waals surface area contributed by atoms with Gasteiger partial charge in [-0.05, 0) is 68.7 Å². The third kappa shape index (κ3) is 4.07. The van der Waals surface area contributed by atoms with Gasteiger partial charge in [-0.15, -0.1) is 0 Å². The number of carbonyl (C=O) groups is 1. The molecule has 1 aliphatic heterocycles. The Labute approximate surface area is 189 Å². The molecule has 0 radical (unpaired) electrons. The molecular formula is C27H28ClNO2. The smallest absolute Gasteiger partial charge is 0.265 e. The lowest BCUT2D eigenvalue weighted by Gasteiger charge is -2.51. The van der Waals surface area contributed by atoms with Crippen molar-refractivity contribution in [2.45, 2.75) is 45.1 Å². The fraction of sp³-hybridized carbons (Fsp3) is 0.296. The molecular weight excluding hydrogens is 406 g/mol. The van der Waals surface area contributed by atoms with Gasteiger partial charge in [0.1, 0.15) is 5.75 Å². The number of halogens is 1. The molecule has 4 heteroatoms. The Hall–Kier alpha value is -2.78. The molecule has 0 saturated carbocycles. The Morgan fingerprint density at radius 3 is 2.29 bits per heavy atom. The maximum atomic E-state index is 13.4. The number of hydrogen-bond acceptors (Lipinski definition) is 2. The lowest BCUT2D eigenvalue weighted by molar-refractivity contribution is -0.121. The van der Waals surface area contributed by atoms with Crippen LogP contribution in [0.3, 0.4) is 0 Å². The molecule has 1 aliphatic rings. The van der Waals surface area contributed by atoms with Crippen molar-refractivity contribution in [2.24, 2.45) is 0 Å². The van der Waals surface area contributed by atoms with E-state index in [1.54, 1.807) is 0 Å². The van der Waals surface area contributed by atoms with E-state index in [0.717, 1.165) is 28.3 Å². The number of benzene rings is 3. The molecule has 0 N–H and O–H groups in total. The molecule has 0 bridgehead atoms. The lowest BCUT2D eigenvalue weighted by Crippen LogP contribution is -2.57. The number of carbonyl (C=O) groups excluding carboxylic acids is 1. The Morgan fingerprint density at radius 2 is 1.61 bits per heavy atom. The summed E-state index contributed by atoms with van der Waals surface area (Å²) in [5.41, 5.74) is 3.80. The predicted molar refractivity (Wildman–Crippen MR) is 127 cm³/mol. The molecule has 3 aromatic carbocycles. The van der Waals surface area contributed by atoms with Crippen LogP contribution in [0, 0.1) is 6.92 Å². The van der Waals surface area contributed by atoms with Crippen molar-refractivity contribution in [3.8, 4) is 5.75 Å². The molecule has 0 aromatic heterocycles. The normalized spacial score (nSPS) is 19.6. The van der Waals surface area contributed by atoms with Crippen molar-refractivity contribution in [3.63, 3.8) is 0 Å². The largest absolute Gasteiger partial charge is 0.484 e. The monoisotopic (exact) mass is 433 g/mol. The number of nitrogens with zero attached hydrogens (tertiary/aromatic N) is 1. The zero-order valence-electron chi connectivity index (χ0n) is 18.5. The lowest BCUT2D eigenvalue weighted by atomic mass is 9.65. The molecule has 1 atom stereocenters. The number of fused-ring (bicyclic) bond motifs is 1. The predicted octanol–water partition coefficient (Wildman–Crippen LogP) is 6.55. The van der Waals surface area contributed by atoms with E-state index < -0.39 is 5.54 Å². The van der Waals surface area contributed by atoms with Crippen LogP contribution in [-0.4, -0.2) is 18.1 Å². The Morgan fingerprint density at radius 1 is 0.968 bits per heavy atom. The first kappa shape index (κ1) is 21.5. The fourth-order valence-electron chi connectivity index (χ4n) is 4.89. The second-order valence-corrected chi connectivity index (χ2v) is 9.61. The van der Waals surface area contributed by atoms with Gasteiger partial charge in [0.05, 0.1) is 0 Å². The van der Waals surface area contributed by atoms with E-state index in [1.165, 1.54) is 5.56 Å². The number of aryl methyl sites for hydroxylation is 1. The Bertz CT molecular complexity index is 1090. The summed E-state index contributed by atoms with van der Waals surface area (Å²) in [4.78, 5) is 15.3. The zero-order chi connectivity index (χ0) is 22.2. The summed E-state index contributed by atoms with van der Waals surface area (Å²) in [5.74, 6) is 0.657. The third-order valence-corrected chi connectivity index (χ3v) is 6.50. The van der Waals surface area contributed by atoms with Crippen LogP contribution in [0.15, 0.2) is 72.8 Å². The summed E-state index contributed by atoms with van der Waals surface area (Å²) >= 11 is 6.14. The molecule has 0 spiro atoms. The molecule has 0 aliphatic carbocycles. The van der Waals surface area contributed by atoms with Crippen LogP contribution in [-0.2, 0) is 10.2 Å². The second-order valence-electron chi connectivity index (χ2n) is 9.18. The van der Waals surface area contributed by atoms with E-state index in [-0.39, 0.29) is 17.9 Å². The number of amides is 1. The van der Waals surface area contributed by atoms with Gasteiger partial charge in [0.15, 0.2) is 6.61 Å². The first-order valence-electron chi connectivity index (χ1n) is 10.6. The minimum absolute atomic E-state index is 0.00150. The van der Waals surface area contributed by atoms with Crippen molar-refractivity contribution in [1.82, 2.24) is 0 Å². The first-order chi connectivity index (χ1) is 14.7. The maximum absolute atomic E-state index is 13.4. The van der Waals surface area contributed by atoms with Crippen LogP contribution in [0.1, 0.15) is 43.9 Å². The van der Waals surface area contributed by atoms with Gasteiger partial charge >= 0.3 is 0 Å². The maximum Gasteiger partial charge on any atom is 0.265 e. The van der Waals surface area contributed by atoms with E-state index in [1.807, 2.05) is 66.4 Å². The van der Waals surface area contributed by atoms with Crippen molar-refractivity contribution in [1.29, 1.82) is 0 Å². The topological polar surface area (TPSA) is 29.5 Å². The minimum Gasteiger partial charge on any atom is -0.484 e. The molecule has 0 unspecified atom stereocenters. The van der Waals surface area contributed by atoms with E-state index in [4.69, 9.17) is 16.3 Å². The van der Waals surface area contributed by atoms with E-state index >= 15 is 0 Å². The van der Waals surface area contributed by atoms with Gasteiger partial charge in [-0.2, -0.15) is 0 Å². The van der Waals surface area contributed by atoms with Crippen LogP contribution >= 0.6 is 11.6 Å². The molecule has 0 fully saturated rings. The van der Waals surface area contributed by atoms with E-state index in [9.17, 15) is 4.79 Å². The second kappa shape index (κ2) is 8.05. The zero-order valence-corrected chi connectivity index (χ0v) is 19.2. The SMILES string of the molecule is Cc1ccc(OCC(=O)N2c3ccccc3[C@](C)(c3ccc(Cl)cc3)CC2(C)C)cc1. The average molecular weight is 434 g/mol. The highest BCUT2D eigenvalue weighted by molar-refractivity contribution is 6.30. The molecule has 1 amide bonds. The summed E-state index contributed by atoms with van der Waals surface area (Å²) < 4.78 is 5.83. The van der Waals surface area contributed by atoms with Gasteiger partial charge in [0, 0.05) is 21.7 Å². The molecule has 4 rings (SSSR count). The van der Waals surface area contributed by atoms with Crippen LogP contribution in [0.2, 0.25) is 5.02 Å². The highest BCUT2D eigenvalue weighted by atomic mass is 35.5. The summed E-state index contributed by atoms with van der Waals surface area (Å²) in [6.45, 7) is 8.53. The number of anilines is 1. The molecule has 0 saturated heterocycles. The molecule has 3 aromatic rings. The third-order valence-electron chi connectivity index (χ3n) is 6.24. The van der Waals surface area contributed by atoms with E-state index in [2.05, 4.69) is 39.0 Å². The standard InChI is InChI=1S/C27H28ClNO2/c1-19-9-15-22(16-10-19)31-17-25(30)29-24-8-6-5-7-23(24)27(4,18-26(29,2)3)20-11-13-21(28)14-12-20/h5-16H,17-18H2,1-4H3/t27-/m0/s1. The number of rotatable bonds is 4. The van der Waals surface area contributed by atoms with Gasteiger partial charge in [0.2, 0.25) is 0 Å². The van der Waals surface area contributed by atoms with Crippen LogP contribution in [0.5, 0.6) is 5.75 Å². The minimum atomic E-state index is -0.392.